The van der Waals surface area contributed by atoms with Gasteiger partial charge in [0.15, 0.2) is 6.61 Å². The Bertz CT molecular complexity index is 544. The van der Waals surface area contributed by atoms with E-state index in [1.54, 1.807) is 17.0 Å². The van der Waals surface area contributed by atoms with Crippen molar-refractivity contribution in [2.24, 2.45) is 11.8 Å². The van der Waals surface area contributed by atoms with Crippen molar-refractivity contribution in [3.8, 4) is 0 Å². The van der Waals surface area contributed by atoms with Crippen molar-refractivity contribution in [1.82, 2.24) is 4.90 Å². The van der Waals surface area contributed by atoms with Crippen molar-refractivity contribution < 1.29 is 14.3 Å². The highest BCUT2D eigenvalue weighted by atomic mass is 16.5. The molecule has 2 rings (SSSR count). The van der Waals surface area contributed by atoms with Gasteiger partial charge in [0.05, 0.1) is 5.56 Å². The summed E-state index contributed by atoms with van der Waals surface area (Å²) < 4.78 is 5.17. The van der Waals surface area contributed by atoms with E-state index in [9.17, 15) is 9.59 Å². The van der Waals surface area contributed by atoms with E-state index in [4.69, 9.17) is 4.74 Å². The normalized spacial score (nSPS) is 21.0. The van der Waals surface area contributed by atoms with Gasteiger partial charge in [-0.1, -0.05) is 13.8 Å². The maximum Gasteiger partial charge on any atom is 0.338 e. The maximum atomic E-state index is 12.2. The monoisotopic (exact) mass is 318 g/mol. The Kier molecular flexibility index (Phi) is 5.64. The van der Waals surface area contributed by atoms with Crippen molar-refractivity contribution in [1.29, 1.82) is 0 Å². The summed E-state index contributed by atoms with van der Waals surface area (Å²) in [6.45, 7) is 5.60. The first-order chi connectivity index (χ1) is 10.9. The van der Waals surface area contributed by atoms with E-state index in [-0.39, 0.29) is 12.5 Å². The molecule has 0 radical (unpaired) electrons. The van der Waals surface area contributed by atoms with Gasteiger partial charge in [-0.25, -0.2) is 4.79 Å². The standard InChI is InChI=1S/C18H26N2O3/c1-13-9-14(2)11-20(10-13)17(21)12-23-18(22)15-5-7-16(8-6-15)19(3)4/h5-8,13-14H,9-12H2,1-4H3/t13-,14-/m1/s1. The van der Waals surface area contributed by atoms with Gasteiger partial charge in [-0.3, -0.25) is 4.79 Å². The molecule has 0 aromatic heterocycles. The molecule has 0 N–H and O–H groups in total. The predicted molar refractivity (Wildman–Crippen MR) is 90.6 cm³/mol. The number of hydrogen-bond acceptors (Lipinski definition) is 4. The van der Waals surface area contributed by atoms with E-state index in [1.807, 2.05) is 31.1 Å². The zero-order chi connectivity index (χ0) is 17.0. The van der Waals surface area contributed by atoms with Gasteiger partial charge in [0.1, 0.15) is 0 Å². The van der Waals surface area contributed by atoms with Crippen LogP contribution in [-0.2, 0) is 9.53 Å². The highest BCUT2D eigenvalue weighted by molar-refractivity contribution is 5.91. The summed E-state index contributed by atoms with van der Waals surface area (Å²) in [4.78, 5) is 28.0. The minimum atomic E-state index is -0.457. The number of rotatable bonds is 4. The van der Waals surface area contributed by atoms with E-state index in [1.165, 1.54) is 0 Å². The van der Waals surface area contributed by atoms with Gasteiger partial charge in [-0.15, -0.1) is 0 Å². The molecule has 0 bridgehead atoms. The topological polar surface area (TPSA) is 49.9 Å². The van der Waals surface area contributed by atoms with Crippen LogP contribution in [0, 0.1) is 11.8 Å². The molecule has 1 aliphatic rings. The number of likely N-dealkylation sites (tertiary alicyclic amines) is 1. The van der Waals surface area contributed by atoms with Crippen LogP contribution in [0.2, 0.25) is 0 Å². The van der Waals surface area contributed by atoms with E-state index in [0.29, 0.717) is 17.4 Å². The quantitative estimate of drug-likeness (QED) is 0.800. The SMILES string of the molecule is C[C@@H]1C[C@@H](C)CN(C(=O)COC(=O)c2ccc(N(C)C)cc2)C1. The largest absolute Gasteiger partial charge is 0.452 e. The summed E-state index contributed by atoms with van der Waals surface area (Å²) in [5, 5.41) is 0. The lowest BCUT2D eigenvalue weighted by atomic mass is 9.92. The molecule has 5 heteroatoms. The lowest BCUT2D eigenvalue weighted by Gasteiger charge is -2.34. The molecule has 126 valence electrons. The van der Waals surface area contributed by atoms with Crippen LogP contribution in [0.1, 0.15) is 30.6 Å². The van der Waals surface area contributed by atoms with E-state index < -0.39 is 5.97 Å². The number of piperidine rings is 1. The zero-order valence-electron chi connectivity index (χ0n) is 14.4. The molecule has 2 atom stereocenters. The number of nitrogens with zero attached hydrogens (tertiary/aromatic N) is 2. The molecule has 0 aliphatic carbocycles. The number of hydrogen-bond donors (Lipinski definition) is 0. The summed E-state index contributed by atoms with van der Waals surface area (Å²) in [7, 11) is 3.87. The Morgan fingerprint density at radius 3 is 2.22 bits per heavy atom. The van der Waals surface area contributed by atoms with Crippen molar-refractivity contribution in [3.05, 3.63) is 29.8 Å². The second-order valence-corrected chi connectivity index (χ2v) is 6.76. The lowest BCUT2D eigenvalue weighted by Crippen LogP contribution is -2.44. The van der Waals surface area contributed by atoms with Crippen molar-refractivity contribution >= 4 is 17.6 Å². The van der Waals surface area contributed by atoms with Gasteiger partial charge < -0.3 is 14.5 Å². The summed E-state index contributed by atoms with van der Waals surface area (Å²) in [5.74, 6) is 0.428. The minimum absolute atomic E-state index is 0.110. The lowest BCUT2D eigenvalue weighted by molar-refractivity contribution is -0.137. The molecular formula is C18H26N2O3. The summed E-state index contributed by atoms with van der Waals surface area (Å²) in [5.41, 5.74) is 1.47. The second-order valence-electron chi connectivity index (χ2n) is 6.76. The van der Waals surface area contributed by atoms with Gasteiger partial charge >= 0.3 is 5.97 Å². The van der Waals surface area contributed by atoms with Crippen LogP contribution < -0.4 is 4.90 Å². The molecule has 1 aromatic rings. The third-order valence-electron chi connectivity index (χ3n) is 4.17. The molecule has 1 amide bonds. The molecule has 0 saturated carbocycles. The fourth-order valence-corrected chi connectivity index (χ4v) is 3.06. The van der Waals surface area contributed by atoms with Crippen LogP contribution in [0.5, 0.6) is 0 Å². The minimum Gasteiger partial charge on any atom is -0.452 e. The predicted octanol–water partition coefficient (Wildman–Crippen LogP) is 2.41. The van der Waals surface area contributed by atoms with E-state index in [0.717, 1.165) is 25.2 Å². The highest BCUT2D eigenvalue weighted by Gasteiger charge is 2.26. The first-order valence-corrected chi connectivity index (χ1v) is 8.09. The molecule has 1 aliphatic heterocycles. The Morgan fingerprint density at radius 1 is 1.13 bits per heavy atom. The number of ether oxygens (including phenoxy) is 1. The number of anilines is 1. The third-order valence-corrected chi connectivity index (χ3v) is 4.17. The third kappa shape index (κ3) is 4.71. The van der Waals surface area contributed by atoms with Crippen molar-refractivity contribution in [2.75, 3.05) is 38.7 Å². The van der Waals surface area contributed by atoms with E-state index >= 15 is 0 Å². The summed E-state index contributed by atoms with van der Waals surface area (Å²) in [6, 6.07) is 7.14. The van der Waals surface area contributed by atoms with Crippen LogP contribution in [-0.4, -0.2) is 50.6 Å². The first kappa shape index (κ1) is 17.3. The van der Waals surface area contributed by atoms with E-state index in [2.05, 4.69) is 13.8 Å². The highest BCUT2D eigenvalue weighted by Crippen LogP contribution is 2.21. The number of carbonyl (C=O) groups excluding carboxylic acids is 2. The van der Waals surface area contributed by atoms with Crippen molar-refractivity contribution in [2.45, 2.75) is 20.3 Å². The fraction of sp³-hybridized carbons (Fsp3) is 0.556. The van der Waals surface area contributed by atoms with Gasteiger partial charge in [0.2, 0.25) is 0 Å². The maximum absolute atomic E-state index is 12.2. The molecule has 0 spiro atoms. The second kappa shape index (κ2) is 7.49. The Morgan fingerprint density at radius 2 is 1.70 bits per heavy atom. The van der Waals surface area contributed by atoms with Crippen LogP contribution >= 0.6 is 0 Å². The Labute approximate surface area is 138 Å². The van der Waals surface area contributed by atoms with Crippen LogP contribution in [0.15, 0.2) is 24.3 Å². The van der Waals surface area contributed by atoms with Gasteiger partial charge in [-0.05, 0) is 42.5 Å². The molecule has 1 aromatic carbocycles. The van der Waals surface area contributed by atoms with Crippen LogP contribution in [0.25, 0.3) is 0 Å². The van der Waals surface area contributed by atoms with Crippen LogP contribution in [0.3, 0.4) is 0 Å². The molecule has 1 fully saturated rings. The number of amides is 1. The Balaban J connectivity index is 1.87. The average molecular weight is 318 g/mol. The summed E-state index contributed by atoms with van der Waals surface area (Å²) in [6.07, 6.45) is 1.14. The average Bonchev–Trinajstić information content (AvgIpc) is 2.51. The smallest absolute Gasteiger partial charge is 0.338 e. The van der Waals surface area contributed by atoms with Gasteiger partial charge in [0, 0.05) is 32.9 Å². The molecular weight excluding hydrogens is 292 g/mol. The Hall–Kier alpha value is -2.04. The number of benzene rings is 1. The fourth-order valence-electron chi connectivity index (χ4n) is 3.06. The van der Waals surface area contributed by atoms with Crippen LogP contribution in [0.4, 0.5) is 5.69 Å². The zero-order valence-corrected chi connectivity index (χ0v) is 14.4. The van der Waals surface area contributed by atoms with Crippen molar-refractivity contribution in [3.63, 3.8) is 0 Å². The molecule has 23 heavy (non-hydrogen) atoms. The number of carbonyl (C=O) groups is 2. The molecule has 1 heterocycles. The molecule has 0 unspecified atom stereocenters. The molecule has 5 nitrogen and oxygen atoms in total. The van der Waals surface area contributed by atoms with Gasteiger partial charge in [0.25, 0.3) is 5.91 Å². The molecule has 1 saturated heterocycles. The number of esters is 1. The summed E-state index contributed by atoms with van der Waals surface area (Å²) >= 11 is 0. The van der Waals surface area contributed by atoms with Gasteiger partial charge in [-0.2, -0.15) is 0 Å². The first-order valence-electron chi connectivity index (χ1n) is 8.09.